The van der Waals surface area contributed by atoms with E-state index in [1.165, 1.54) is 0 Å². The molecule has 1 aromatic carbocycles. The van der Waals surface area contributed by atoms with Crippen LogP contribution in [0.5, 0.6) is 0 Å². The smallest absolute Gasteiger partial charge is 0.192 e. The van der Waals surface area contributed by atoms with Gasteiger partial charge in [0, 0.05) is 12.5 Å². The SMILES string of the molecule is CCC(C#N)C(=O)c1ccc2nc(C)oc2c1. The predicted molar refractivity (Wildman–Crippen MR) is 62.5 cm³/mol. The third kappa shape index (κ3) is 2.04. The van der Waals surface area contributed by atoms with E-state index in [2.05, 4.69) is 4.98 Å². The highest BCUT2D eigenvalue weighted by Gasteiger charge is 2.18. The molecule has 0 aliphatic carbocycles. The highest BCUT2D eigenvalue weighted by molar-refractivity contribution is 6.01. The molecule has 2 aromatic rings. The highest BCUT2D eigenvalue weighted by atomic mass is 16.3. The summed E-state index contributed by atoms with van der Waals surface area (Å²) in [5, 5.41) is 8.87. The summed E-state index contributed by atoms with van der Waals surface area (Å²) in [5.41, 5.74) is 1.81. The molecular weight excluding hydrogens is 216 g/mol. The fourth-order valence-corrected chi connectivity index (χ4v) is 1.73. The number of carbonyl (C=O) groups excluding carboxylic acids is 1. The van der Waals surface area contributed by atoms with Gasteiger partial charge in [0.25, 0.3) is 0 Å². The van der Waals surface area contributed by atoms with Crippen LogP contribution in [-0.4, -0.2) is 10.8 Å². The van der Waals surface area contributed by atoms with E-state index in [-0.39, 0.29) is 5.78 Å². The second kappa shape index (κ2) is 4.38. The van der Waals surface area contributed by atoms with Gasteiger partial charge in [-0.25, -0.2) is 4.98 Å². The van der Waals surface area contributed by atoms with Crippen LogP contribution in [0, 0.1) is 24.2 Å². The van der Waals surface area contributed by atoms with E-state index < -0.39 is 5.92 Å². The second-order valence-corrected chi connectivity index (χ2v) is 3.87. The Morgan fingerprint density at radius 1 is 1.59 bits per heavy atom. The fourth-order valence-electron chi connectivity index (χ4n) is 1.73. The van der Waals surface area contributed by atoms with Crippen molar-refractivity contribution in [2.45, 2.75) is 20.3 Å². The van der Waals surface area contributed by atoms with Crippen LogP contribution in [0.1, 0.15) is 29.6 Å². The number of oxazole rings is 1. The number of carbonyl (C=O) groups is 1. The molecule has 4 heteroatoms. The molecule has 0 amide bonds. The van der Waals surface area contributed by atoms with Gasteiger partial charge in [-0.2, -0.15) is 5.26 Å². The Kier molecular flexibility index (Phi) is 2.92. The standard InChI is InChI=1S/C13H12N2O2/c1-3-9(7-14)13(16)10-4-5-11-12(6-10)17-8(2)15-11/h4-6,9H,3H2,1-2H3. The Balaban J connectivity index is 2.43. The van der Waals surface area contributed by atoms with Crippen LogP contribution in [0.2, 0.25) is 0 Å². The molecule has 1 atom stereocenters. The Morgan fingerprint density at radius 3 is 3.00 bits per heavy atom. The van der Waals surface area contributed by atoms with Crippen molar-refractivity contribution in [3.63, 3.8) is 0 Å². The molecule has 17 heavy (non-hydrogen) atoms. The second-order valence-electron chi connectivity index (χ2n) is 3.87. The van der Waals surface area contributed by atoms with Gasteiger partial charge in [-0.3, -0.25) is 4.79 Å². The minimum absolute atomic E-state index is 0.161. The number of Topliss-reactive ketones (excluding diaryl/α,β-unsaturated/α-hetero) is 1. The maximum Gasteiger partial charge on any atom is 0.192 e. The van der Waals surface area contributed by atoms with Crippen molar-refractivity contribution in [2.24, 2.45) is 5.92 Å². The third-order valence-corrected chi connectivity index (χ3v) is 2.66. The van der Waals surface area contributed by atoms with Crippen LogP contribution < -0.4 is 0 Å². The largest absolute Gasteiger partial charge is 0.441 e. The first-order chi connectivity index (χ1) is 8.15. The average Bonchev–Trinajstić information content (AvgIpc) is 2.69. The Bertz CT molecular complexity index is 607. The molecule has 0 bridgehead atoms. The van der Waals surface area contributed by atoms with E-state index in [0.717, 1.165) is 5.52 Å². The molecule has 0 aliphatic rings. The minimum Gasteiger partial charge on any atom is -0.441 e. The van der Waals surface area contributed by atoms with E-state index in [0.29, 0.717) is 23.5 Å². The van der Waals surface area contributed by atoms with Crippen LogP contribution >= 0.6 is 0 Å². The molecule has 0 aliphatic heterocycles. The average molecular weight is 228 g/mol. The zero-order valence-electron chi connectivity index (χ0n) is 9.73. The molecule has 0 saturated carbocycles. The van der Waals surface area contributed by atoms with Crippen LogP contribution in [0.15, 0.2) is 22.6 Å². The van der Waals surface area contributed by atoms with Crippen molar-refractivity contribution < 1.29 is 9.21 Å². The summed E-state index contributed by atoms with van der Waals surface area (Å²) >= 11 is 0. The Hall–Kier alpha value is -2.15. The monoisotopic (exact) mass is 228 g/mol. The molecule has 1 unspecified atom stereocenters. The van der Waals surface area contributed by atoms with E-state index in [1.807, 2.05) is 13.0 Å². The Morgan fingerprint density at radius 2 is 2.35 bits per heavy atom. The van der Waals surface area contributed by atoms with Crippen molar-refractivity contribution in [3.05, 3.63) is 29.7 Å². The first-order valence-corrected chi connectivity index (χ1v) is 5.46. The molecule has 1 aromatic heterocycles. The van der Waals surface area contributed by atoms with Gasteiger partial charge < -0.3 is 4.42 Å². The van der Waals surface area contributed by atoms with Crippen LogP contribution in [0.3, 0.4) is 0 Å². The van der Waals surface area contributed by atoms with Gasteiger partial charge in [-0.1, -0.05) is 6.92 Å². The molecule has 2 rings (SSSR count). The molecule has 0 spiro atoms. The van der Waals surface area contributed by atoms with Crippen LogP contribution in [-0.2, 0) is 0 Å². The van der Waals surface area contributed by atoms with Gasteiger partial charge in [0.05, 0.1) is 6.07 Å². The summed E-state index contributed by atoms with van der Waals surface area (Å²) in [6.45, 7) is 3.58. The van der Waals surface area contributed by atoms with Crippen molar-refractivity contribution >= 4 is 16.9 Å². The summed E-state index contributed by atoms with van der Waals surface area (Å²) in [4.78, 5) is 16.1. The summed E-state index contributed by atoms with van der Waals surface area (Å²) in [7, 11) is 0. The first-order valence-electron chi connectivity index (χ1n) is 5.46. The van der Waals surface area contributed by atoms with E-state index in [1.54, 1.807) is 25.1 Å². The third-order valence-electron chi connectivity index (χ3n) is 2.66. The van der Waals surface area contributed by atoms with Gasteiger partial charge in [0.2, 0.25) is 0 Å². The topological polar surface area (TPSA) is 66.9 Å². The number of rotatable bonds is 3. The summed E-state index contributed by atoms with van der Waals surface area (Å²) in [5.74, 6) is -0.181. The van der Waals surface area contributed by atoms with Crippen LogP contribution in [0.25, 0.3) is 11.1 Å². The number of ketones is 1. The quantitative estimate of drug-likeness (QED) is 0.757. The van der Waals surface area contributed by atoms with Gasteiger partial charge in [0.1, 0.15) is 11.4 Å². The Labute approximate surface area is 98.9 Å². The lowest BCUT2D eigenvalue weighted by Crippen LogP contribution is -2.11. The maximum atomic E-state index is 12.0. The molecule has 86 valence electrons. The number of benzene rings is 1. The lowest BCUT2D eigenvalue weighted by Gasteiger charge is -2.04. The minimum atomic E-state index is -0.587. The number of nitrogens with zero attached hydrogens (tertiary/aromatic N) is 2. The molecule has 0 fully saturated rings. The van der Waals surface area contributed by atoms with Crippen molar-refractivity contribution in [1.82, 2.24) is 4.98 Å². The lowest BCUT2D eigenvalue weighted by atomic mass is 9.96. The number of hydrogen-bond donors (Lipinski definition) is 0. The number of fused-ring (bicyclic) bond motifs is 1. The summed E-state index contributed by atoms with van der Waals surface area (Å²) in [6.07, 6.45) is 0.517. The predicted octanol–water partition coefficient (Wildman–Crippen LogP) is 2.87. The van der Waals surface area contributed by atoms with Crippen molar-refractivity contribution in [1.29, 1.82) is 5.26 Å². The number of hydrogen-bond acceptors (Lipinski definition) is 4. The number of aryl methyl sites for hydroxylation is 1. The first kappa shape index (κ1) is 11.3. The number of nitriles is 1. The van der Waals surface area contributed by atoms with Crippen LogP contribution in [0.4, 0.5) is 0 Å². The van der Waals surface area contributed by atoms with Gasteiger partial charge in [0.15, 0.2) is 17.3 Å². The molecule has 1 heterocycles. The summed E-state index contributed by atoms with van der Waals surface area (Å²) < 4.78 is 5.36. The lowest BCUT2D eigenvalue weighted by molar-refractivity contribution is 0.0946. The number of aromatic nitrogens is 1. The zero-order valence-corrected chi connectivity index (χ0v) is 9.73. The van der Waals surface area contributed by atoms with E-state index >= 15 is 0 Å². The van der Waals surface area contributed by atoms with E-state index in [4.69, 9.17) is 9.68 Å². The maximum absolute atomic E-state index is 12.0. The fraction of sp³-hybridized carbons (Fsp3) is 0.308. The van der Waals surface area contributed by atoms with Crippen molar-refractivity contribution in [3.8, 4) is 6.07 Å². The molecule has 4 nitrogen and oxygen atoms in total. The molecule has 0 saturated heterocycles. The van der Waals surface area contributed by atoms with E-state index in [9.17, 15) is 4.79 Å². The molecule has 0 N–H and O–H groups in total. The molecular formula is C13H12N2O2. The van der Waals surface area contributed by atoms with Crippen molar-refractivity contribution in [2.75, 3.05) is 0 Å². The highest BCUT2D eigenvalue weighted by Crippen LogP contribution is 2.19. The molecule has 0 radical (unpaired) electrons. The normalized spacial score (nSPS) is 12.3. The van der Waals surface area contributed by atoms with Gasteiger partial charge in [-0.05, 0) is 24.6 Å². The zero-order chi connectivity index (χ0) is 12.4. The van der Waals surface area contributed by atoms with Gasteiger partial charge >= 0.3 is 0 Å². The summed E-state index contributed by atoms with van der Waals surface area (Å²) in [6, 6.07) is 7.08. The van der Waals surface area contributed by atoms with Gasteiger partial charge in [-0.15, -0.1) is 0 Å².